The topological polar surface area (TPSA) is 84.5 Å². The van der Waals surface area contributed by atoms with Crippen LogP contribution in [-0.2, 0) is 23.7 Å². The van der Waals surface area contributed by atoms with Crippen LogP contribution in [0, 0.1) is 30.1 Å². The van der Waals surface area contributed by atoms with E-state index in [0.717, 1.165) is 40.9 Å². The number of carbonyl (C=O) groups is 1. The van der Waals surface area contributed by atoms with Gasteiger partial charge in [-0.15, -0.1) is 0 Å². The van der Waals surface area contributed by atoms with Gasteiger partial charge in [-0.25, -0.2) is 9.97 Å². The first-order valence-electron chi connectivity index (χ1n) is 10.6. The molecule has 0 saturated carbocycles. The number of nitrogens with zero attached hydrogens (tertiary/aromatic N) is 5. The number of carbonyl (C=O) groups excluding carboxylic acids is 1. The van der Waals surface area contributed by atoms with Crippen LogP contribution in [0.4, 0.5) is 0 Å². The minimum absolute atomic E-state index is 0.0306. The molecule has 1 aromatic carbocycles. The van der Waals surface area contributed by atoms with Crippen molar-refractivity contribution >= 4 is 5.78 Å². The Labute approximate surface area is 181 Å². The SMILES string of the molecule is Cc1nc(-c2cnn(C)c2)c2c(n1)[C@]1(c3ccccc3)C=C(C#N)C(=O)[C@@H](C)[C@@H]1CC2. The summed E-state index contributed by atoms with van der Waals surface area (Å²) < 4.78 is 1.77. The summed E-state index contributed by atoms with van der Waals surface area (Å²) in [7, 11) is 1.89. The summed E-state index contributed by atoms with van der Waals surface area (Å²) in [4.78, 5) is 22.7. The van der Waals surface area contributed by atoms with Gasteiger partial charge in [0.15, 0.2) is 5.78 Å². The Bertz CT molecular complexity index is 1270. The normalized spacial score (nSPS) is 24.7. The van der Waals surface area contributed by atoms with Crippen LogP contribution in [0.25, 0.3) is 11.3 Å². The number of fused-ring (bicyclic) bond motifs is 3. The summed E-state index contributed by atoms with van der Waals surface area (Å²) >= 11 is 0. The minimum atomic E-state index is -0.641. The molecule has 6 heteroatoms. The van der Waals surface area contributed by atoms with Crippen molar-refractivity contribution in [2.75, 3.05) is 0 Å². The molecule has 0 aliphatic heterocycles. The van der Waals surface area contributed by atoms with Gasteiger partial charge in [0.1, 0.15) is 11.9 Å². The highest BCUT2D eigenvalue weighted by molar-refractivity contribution is 6.02. The summed E-state index contributed by atoms with van der Waals surface area (Å²) in [5, 5.41) is 14.1. The van der Waals surface area contributed by atoms with E-state index in [9.17, 15) is 10.1 Å². The van der Waals surface area contributed by atoms with Crippen LogP contribution in [0.15, 0.2) is 54.4 Å². The lowest BCUT2D eigenvalue weighted by Gasteiger charge is -2.48. The molecule has 0 spiro atoms. The van der Waals surface area contributed by atoms with Crippen LogP contribution in [0.3, 0.4) is 0 Å². The third-order valence-electron chi connectivity index (χ3n) is 6.81. The molecule has 0 saturated heterocycles. The highest BCUT2D eigenvalue weighted by Crippen LogP contribution is 2.54. The van der Waals surface area contributed by atoms with E-state index in [4.69, 9.17) is 9.97 Å². The molecule has 0 radical (unpaired) electrons. The summed E-state index contributed by atoms with van der Waals surface area (Å²) in [6, 6.07) is 12.3. The molecule has 6 nitrogen and oxygen atoms in total. The fourth-order valence-corrected chi connectivity index (χ4v) is 5.44. The molecule has 3 aromatic rings. The number of hydrogen-bond acceptors (Lipinski definition) is 5. The summed E-state index contributed by atoms with van der Waals surface area (Å²) in [6.45, 7) is 3.85. The number of aromatic nitrogens is 4. The van der Waals surface area contributed by atoms with Crippen LogP contribution in [-0.4, -0.2) is 25.5 Å². The van der Waals surface area contributed by atoms with Gasteiger partial charge >= 0.3 is 0 Å². The lowest BCUT2D eigenvalue weighted by atomic mass is 9.54. The van der Waals surface area contributed by atoms with E-state index < -0.39 is 5.41 Å². The molecule has 0 fully saturated rings. The molecule has 0 N–H and O–H groups in total. The van der Waals surface area contributed by atoms with E-state index in [1.807, 2.05) is 57.6 Å². The van der Waals surface area contributed by atoms with Crippen LogP contribution in [0.2, 0.25) is 0 Å². The van der Waals surface area contributed by atoms with Crippen molar-refractivity contribution in [2.24, 2.45) is 18.9 Å². The molecular weight excluding hydrogens is 386 g/mol. The summed E-state index contributed by atoms with van der Waals surface area (Å²) in [6.07, 6.45) is 7.28. The average molecular weight is 409 g/mol. The first-order chi connectivity index (χ1) is 15.0. The van der Waals surface area contributed by atoms with Gasteiger partial charge in [-0.3, -0.25) is 9.48 Å². The van der Waals surface area contributed by atoms with Crippen molar-refractivity contribution in [1.82, 2.24) is 19.7 Å². The van der Waals surface area contributed by atoms with Crippen LogP contribution in [0.1, 0.15) is 36.0 Å². The maximum atomic E-state index is 12.9. The highest BCUT2D eigenvalue weighted by Gasteiger charge is 2.53. The molecule has 0 unspecified atom stereocenters. The second-order valence-electron chi connectivity index (χ2n) is 8.55. The van der Waals surface area contributed by atoms with Crippen molar-refractivity contribution in [3.05, 3.63) is 77.0 Å². The van der Waals surface area contributed by atoms with Gasteiger partial charge in [0.05, 0.1) is 28.6 Å². The zero-order valence-electron chi connectivity index (χ0n) is 17.8. The lowest BCUT2D eigenvalue weighted by molar-refractivity contribution is -0.121. The average Bonchev–Trinajstić information content (AvgIpc) is 3.22. The fraction of sp³-hybridized carbons (Fsp3) is 0.320. The maximum Gasteiger partial charge on any atom is 0.176 e. The van der Waals surface area contributed by atoms with Crippen LogP contribution in [0.5, 0.6) is 0 Å². The van der Waals surface area contributed by atoms with Gasteiger partial charge in [-0.05, 0) is 37.3 Å². The van der Waals surface area contributed by atoms with Gasteiger partial charge in [-0.2, -0.15) is 10.4 Å². The summed E-state index contributed by atoms with van der Waals surface area (Å²) in [5.74, 6) is 0.374. The number of ketones is 1. The predicted molar refractivity (Wildman–Crippen MR) is 116 cm³/mol. The molecule has 2 aliphatic carbocycles. The van der Waals surface area contributed by atoms with Gasteiger partial charge in [0.2, 0.25) is 0 Å². The molecule has 2 aliphatic rings. The predicted octanol–water partition coefficient (Wildman–Crippen LogP) is 3.70. The zero-order chi connectivity index (χ0) is 21.8. The third-order valence-corrected chi connectivity index (χ3v) is 6.81. The molecule has 3 atom stereocenters. The first kappa shape index (κ1) is 19.4. The van der Waals surface area contributed by atoms with Gasteiger partial charge < -0.3 is 0 Å². The molecule has 154 valence electrons. The van der Waals surface area contributed by atoms with E-state index in [1.165, 1.54) is 0 Å². The minimum Gasteiger partial charge on any atom is -0.293 e. The van der Waals surface area contributed by atoms with Gasteiger partial charge in [0.25, 0.3) is 0 Å². The smallest absolute Gasteiger partial charge is 0.176 e. The highest BCUT2D eigenvalue weighted by atomic mass is 16.1. The largest absolute Gasteiger partial charge is 0.293 e. The Morgan fingerprint density at radius 2 is 2.00 bits per heavy atom. The van der Waals surface area contributed by atoms with Crippen molar-refractivity contribution in [1.29, 1.82) is 5.26 Å². The van der Waals surface area contributed by atoms with Crippen molar-refractivity contribution < 1.29 is 4.79 Å². The number of aryl methyl sites for hydroxylation is 2. The van der Waals surface area contributed by atoms with Crippen molar-refractivity contribution in [3.8, 4) is 17.3 Å². The van der Waals surface area contributed by atoms with Gasteiger partial charge in [0, 0.05) is 30.3 Å². The Morgan fingerprint density at radius 1 is 1.23 bits per heavy atom. The van der Waals surface area contributed by atoms with E-state index in [0.29, 0.717) is 5.82 Å². The monoisotopic (exact) mass is 409 g/mol. The Hall–Kier alpha value is -3.59. The maximum absolute atomic E-state index is 12.9. The first-order valence-corrected chi connectivity index (χ1v) is 10.6. The number of hydrogen-bond donors (Lipinski definition) is 0. The quantitative estimate of drug-likeness (QED) is 0.644. The number of nitriles is 1. The number of benzene rings is 1. The second kappa shape index (κ2) is 6.98. The number of Topliss-reactive ketones (excluding diaryl/α,β-unsaturated/α-hetero) is 1. The molecule has 0 amide bonds. The van der Waals surface area contributed by atoms with E-state index in [2.05, 4.69) is 23.3 Å². The van der Waals surface area contributed by atoms with Crippen LogP contribution < -0.4 is 0 Å². The Kier molecular flexibility index (Phi) is 4.37. The number of allylic oxidation sites excluding steroid dienone is 2. The Balaban J connectivity index is 1.88. The van der Waals surface area contributed by atoms with Gasteiger partial charge in [-0.1, -0.05) is 37.3 Å². The molecule has 0 bridgehead atoms. The number of rotatable bonds is 2. The van der Waals surface area contributed by atoms with E-state index in [-0.39, 0.29) is 23.2 Å². The van der Waals surface area contributed by atoms with E-state index in [1.54, 1.807) is 4.68 Å². The Morgan fingerprint density at radius 3 is 2.68 bits per heavy atom. The second-order valence-corrected chi connectivity index (χ2v) is 8.55. The van der Waals surface area contributed by atoms with Crippen LogP contribution >= 0.6 is 0 Å². The van der Waals surface area contributed by atoms with Crippen molar-refractivity contribution in [2.45, 2.75) is 32.1 Å². The molecule has 5 rings (SSSR count). The van der Waals surface area contributed by atoms with Crippen molar-refractivity contribution in [3.63, 3.8) is 0 Å². The summed E-state index contributed by atoms with van der Waals surface area (Å²) in [5.41, 5.74) is 4.47. The standard InChI is InChI=1S/C25H23N5O/c1-15-21-10-9-20-22(18-13-27-30(3)14-18)28-16(2)29-24(20)25(21,11-17(12-26)23(15)31)19-7-5-4-6-8-19/h4-8,11,13-15,21H,9-10H2,1-3H3/t15-,21-,25-/m0/s1. The molecule has 31 heavy (non-hydrogen) atoms. The molecule has 2 heterocycles. The molecular formula is C25H23N5O. The zero-order valence-corrected chi connectivity index (χ0v) is 17.8. The molecule has 2 aromatic heterocycles. The lowest BCUT2D eigenvalue weighted by Crippen LogP contribution is -2.48. The fourth-order valence-electron chi connectivity index (χ4n) is 5.44. The third kappa shape index (κ3) is 2.77. The van der Waals surface area contributed by atoms with E-state index >= 15 is 0 Å².